The van der Waals surface area contributed by atoms with E-state index in [0.717, 1.165) is 29.1 Å². The number of amides is 1. The normalized spacial score (nSPS) is 11.5. The number of nitrogens with zero attached hydrogens (tertiary/aromatic N) is 2. The molecular weight excluding hydrogens is 376 g/mol. The second-order valence-electron chi connectivity index (χ2n) is 5.83. The van der Waals surface area contributed by atoms with Gasteiger partial charge in [-0.25, -0.2) is 0 Å². The molecule has 0 radical (unpaired) electrons. The molecule has 0 fully saturated rings. The summed E-state index contributed by atoms with van der Waals surface area (Å²) in [6.45, 7) is 3.96. The zero-order valence-corrected chi connectivity index (χ0v) is 18.3. The average Bonchev–Trinajstić information content (AvgIpc) is 2.69. The summed E-state index contributed by atoms with van der Waals surface area (Å²) in [6, 6.07) is 6.02. The molecule has 2 N–H and O–H groups in total. The van der Waals surface area contributed by atoms with Crippen LogP contribution in [0.2, 0.25) is 0 Å². The van der Waals surface area contributed by atoms with Crippen LogP contribution in [-0.4, -0.2) is 70.9 Å². The van der Waals surface area contributed by atoms with Gasteiger partial charge in [-0.1, -0.05) is 0 Å². The summed E-state index contributed by atoms with van der Waals surface area (Å²) in [6.07, 6.45) is 4.62. The molecule has 0 saturated heterocycles. The smallest absolute Gasteiger partial charge is 0.245 e. The highest BCUT2D eigenvalue weighted by Crippen LogP contribution is 2.31. The minimum Gasteiger partial charge on any atom is -0.494 e. The number of rotatable bonds is 13. The largest absolute Gasteiger partial charge is 0.494 e. The number of benzene rings is 1. The molecule has 1 aromatic carbocycles. The van der Waals surface area contributed by atoms with Gasteiger partial charge >= 0.3 is 0 Å². The molecule has 0 saturated carbocycles. The number of hydrogen-bond donors (Lipinski definition) is 2. The van der Waals surface area contributed by atoms with Gasteiger partial charge in [0, 0.05) is 51.6 Å². The number of anilines is 1. The first-order valence-corrected chi connectivity index (χ1v) is 10.5. The maximum absolute atomic E-state index is 11.5. The predicted octanol–water partition coefficient (Wildman–Crippen LogP) is 2.90. The number of aliphatic imine (C=N–C) groups is 1. The summed E-state index contributed by atoms with van der Waals surface area (Å²) >= 11 is 1.63. The molecule has 0 atom stereocenters. The molecule has 28 heavy (non-hydrogen) atoms. The van der Waals surface area contributed by atoms with Crippen LogP contribution in [-0.2, 0) is 9.53 Å². The van der Waals surface area contributed by atoms with Crippen molar-refractivity contribution in [2.45, 2.75) is 13.3 Å². The fourth-order valence-electron chi connectivity index (χ4n) is 2.65. The van der Waals surface area contributed by atoms with Crippen molar-refractivity contribution in [1.29, 1.82) is 0 Å². The third-order valence-electron chi connectivity index (χ3n) is 3.81. The predicted molar refractivity (Wildman–Crippen MR) is 119 cm³/mol. The van der Waals surface area contributed by atoms with Crippen LogP contribution in [0.5, 0.6) is 5.75 Å². The standard InChI is InChI=1S/C20H32N4O3S/c1-6-27-16-8-9-17(18(12-16)22-3)19(14-28-5)24(15-21-2)11-7-10-23-20(25)13-26-4/h8-9,12,14-15,22H,6-7,10-11,13H2,1-5H3,(H,23,25)/b19-14-,21-15?. The van der Waals surface area contributed by atoms with E-state index in [1.54, 1.807) is 18.8 Å². The van der Waals surface area contributed by atoms with Crippen LogP contribution in [0.15, 0.2) is 28.6 Å². The van der Waals surface area contributed by atoms with Crippen LogP contribution in [0.1, 0.15) is 18.9 Å². The van der Waals surface area contributed by atoms with Crippen molar-refractivity contribution in [2.24, 2.45) is 4.99 Å². The summed E-state index contributed by atoms with van der Waals surface area (Å²) in [5.41, 5.74) is 3.08. The van der Waals surface area contributed by atoms with Crippen molar-refractivity contribution >= 4 is 35.4 Å². The molecule has 0 aliphatic heterocycles. The molecule has 0 spiro atoms. The van der Waals surface area contributed by atoms with Crippen LogP contribution in [0, 0.1) is 0 Å². The Hall–Kier alpha value is -2.19. The van der Waals surface area contributed by atoms with Crippen molar-refractivity contribution in [3.63, 3.8) is 0 Å². The first kappa shape index (κ1) is 23.8. The lowest BCUT2D eigenvalue weighted by atomic mass is 10.1. The Bertz CT molecular complexity index is 665. The van der Waals surface area contributed by atoms with Crippen molar-refractivity contribution in [3.05, 3.63) is 29.2 Å². The molecule has 0 bridgehead atoms. The van der Waals surface area contributed by atoms with E-state index >= 15 is 0 Å². The Morgan fingerprint density at radius 2 is 2.18 bits per heavy atom. The van der Waals surface area contributed by atoms with Gasteiger partial charge in [-0.05, 0) is 37.1 Å². The van der Waals surface area contributed by atoms with E-state index in [0.29, 0.717) is 19.7 Å². The topological polar surface area (TPSA) is 75.2 Å². The Kier molecular flexibility index (Phi) is 11.8. The number of thioether (sulfide) groups is 1. The Labute approximate surface area is 172 Å². The lowest BCUT2D eigenvalue weighted by Gasteiger charge is -2.25. The molecule has 1 rings (SSSR count). The number of nitrogens with one attached hydrogen (secondary N) is 2. The molecule has 8 heteroatoms. The SMILES string of the molecule is CCOc1ccc(/C(=C/SC)N(C=NC)CCCNC(=O)COC)c(NC)c1. The molecular formula is C20H32N4O3S. The van der Waals surface area contributed by atoms with Crippen molar-refractivity contribution in [2.75, 3.05) is 59.1 Å². The fraction of sp³-hybridized carbons (Fsp3) is 0.500. The van der Waals surface area contributed by atoms with E-state index in [-0.39, 0.29) is 12.5 Å². The number of hydrogen-bond acceptors (Lipinski definition) is 6. The van der Waals surface area contributed by atoms with Crippen molar-refractivity contribution < 1.29 is 14.3 Å². The van der Waals surface area contributed by atoms with Gasteiger partial charge in [-0.2, -0.15) is 0 Å². The fourth-order valence-corrected chi connectivity index (χ4v) is 3.13. The monoisotopic (exact) mass is 408 g/mol. The highest BCUT2D eigenvalue weighted by atomic mass is 32.2. The van der Waals surface area contributed by atoms with Gasteiger partial charge in [0.1, 0.15) is 12.4 Å². The van der Waals surface area contributed by atoms with Gasteiger partial charge in [-0.15, -0.1) is 11.8 Å². The summed E-state index contributed by atoms with van der Waals surface area (Å²) in [7, 11) is 5.16. The first-order chi connectivity index (χ1) is 13.6. The van der Waals surface area contributed by atoms with Crippen LogP contribution in [0.25, 0.3) is 5.70 Å². The van der Waals surface area contributed by atoms with Crippen molar-refractivity contribution in [3.8, 4) is 5.75 Å². The molecule has 1 aromatic rings. The highest BCUT2D eigenvalue weighted by molar-refractivity contribution is 8.01. The van der Waals surface area contributed by atoms with E-state index in [1.807, 2.05) is 38.7 Å². The maximum Gasteiger partial charge on any atom is 0.245 e. The third-order valence-corrected chi connectivity index (χ3v) is 4.27. The lowest BCUT2D eigenvalue weighted by Crippen LogP contribution is -2.31. The van der Waals surface area contributed by atoms with Gasteiger partial charge in [-0.3, -0.25) is 9.79 Å². The van der Waals surface area contributed by atoms with E-state index in [4.69, 9.17) is 9.47 Å². The van der Waals surface area contributed by atoms with Crippen LogP contribution in [0.4, 0.5) is 5.69 Å². The lowest BCUT2D eigenvalue weighted by molar-refractivity contribution is -0.124. The van der Waals surface area contributed by atoms with Gasteiger partial charge in [0.05, 0.1) is 18.6 Å². The van der Waals surface area contributed by atoms with Crippen LogP contribution < -0.4 is 15.4 Å². The number of ether oxygens (including phenoxy) is 2. The van der Waals surface area contributed by atoms with E-state index in [9.17, 15) is 4.79 Å². The van der Waals surface area contributed by atoms with Gasteiger partial charge in [0.2, 0.25) is 5.91 Å². The van der Waals surface area contributed by atoms with Gasteiger partial charge < -0.3 is 25.0 Å². The second-order valence-corrected chi connectivity index (χ2v) is 6.54. The summed E-state index contributed by atoms with van der Waals surface area (Å²) in [5.74, 6) is 0.720. The molecule has 7 nitrogen and oxygen atoms in total. The minimum atomic E-state index is -0.109. The van der Waals surface area contributed by atoms with E-state index in [2.05, 4.69) is 32.0 Å². The minimum absolute atomic E-state index is 0.0788. The number of carbonyl (C=O) groups excluding carboxylic acids is 1. The van der Waals surface area contributed by atoms with Gasteiger partial charge in [0.15, 0.2) is 0 Å². The Balaban J connectivity index is 2.98. The molecule has 156 valence electrons. The van der Waals surface area contributed by atoms with Crippen molar-refractivity contribution in [1.82, 2.24) is 10.2 Å². The number of methoxy groups -OCH3 is 1. The van der Waals surface area contributed by atoms with Crippen LogP contribution >= 0.6 is 11.8 Å². The molecule has 0 aliphatic carbocycles. The van der Waals surface area contributed by atoms with E-state index in [1.165, 1.54) is 7.11 Å². The first-order valence-electron chi connectivity index (χ1n) is 9.23. The average molecular weight is 409 g/mol. The molecule has 0 aromatic heterocycles. The molecule has 0 aliphatic rings. The quantitative estimate of drug-likeness (QED) is 0.297. The molecule has 0 unspecified atom stereocenters. The highest BCUT2D eigenvalue weighted by Gasteiger charge is 2.15. The molecule has 0 heterocycles. The third kappa shape index (κ3) is 7.82. The molecule has 1 amide bonds. The second kappa shape index (κ2) is 13.9. The van der Waals surface area contributed by atoms with Gasteiger partial charge in [0.25, 0.3) is 0 Å². The maximum atomic E-state index is 11.5. The number of carbonyl (C=O) groups is 1. The van der Waals surface area contributed by atoms with E-state index < -0.39 is 0 Å². The summed E-state index contributed by atoms with van der Waals surface area (Å²) in [4.78, 5) is 17.8. The zero-order chi connectivity index (χ0) is 20.8. The van der Waals surface area contributed by atoms with Crippen LogP contribution in [0.3, 0.4) is 0 Å². The summed E-state index contributed by atoms with van der Waals surface area (Å²) < 4.78 is 10.4. The summed E-state index contributed by atoms with van der Waals surface area (Å²) in [5, 5.41) is 8.20. The zero-order valence-electron chi connectivity index (χ0n) is 17.4. The Morgan fingerprint density at radius 1 is 1.39 bits per heavy atom. The Morgan fingerprint density at radius 3 is 2.79 bits per heavy atom.